The number of ether oxygens (including phenoxy) is 2. The molecule has 1 fully saturated rings. The maximum absolute atomic E-state index is 9.92. The molecule has 25 heavy (non-hydrogen) atoms. The van der Waals surface area contributed by atoms with Gasteiger partial charge in [-0.15, -0.1) is 0 Å². The van der Waals surface area contributed by atoms with Gasteiger partial charge in [-0.1, -0.05) is 58.3 Å². The Morgan fingerprint density at radius 2 is 1.88 bits per heavy atom. The number of aryl methyl sites for hydroxylation is 1. The van der Waals surface area contributed by atoms with Gasteiger partial charge in [0.25, 0.3) is 0 Å². The molecule has 2 heterocycles. The van der Waals surface area contributed by atoms with Crippen LogP contribution in [0.1, 0.15) is 83.2 Å². The lowest BCUT2D eigenvalue weighted by molar-refractivity contribution is 0.0235. The average molecular weight is 350 g/mol. The fourth-order valence-corrected chi connectivity index (χ4v) is 3.30. The molecule has 1 atom stereocenters. The van der Waals surface area contributed by atoms with Crippen LogP contribution >= 0.6 is 0 Å². The Balaban J connectivity index is 1.71. The number of hydrogen-bond acceptors (Lipinski definition) is 4. The fourth-order valence-electron chi connectivity index (χ4n) is 3.30. The van der Waals surface area contributed by atoms with Crippen molar-refractivity contribution in [3.63, 3.8) is 0 Å². The molecule has 1 aliphatic heterocycles. The third kappa shape index (κ3) is 8.57. The summed E-state index contributed by atoms with van der Waals surface area (Å²) in [5.74, 6) is 0.760. The van der Waals surface area contributed by atoms with Crippen molar-refractivity contribution in [2.24, 2.45) is 0 Å². The molecule has 1 aromatic heterocycles. The van der Waals surface area contributed by atoms with Crippen molar-refractivity contribution in [2.45, 2.75) is 90.1 Å². The van der Waals surface area contributed by atoms with E-state index in [1.165, 1.54) is 51.4 Å². The van der Waals surface area contributed by atoms with Gasteiger partial charge in [0.1, 0.15) is 12.4 Å². The quantitative estimate of drug-likeness (QED) is 0.542. The second kappa shape index (κ2) is 12.1. The molecule has 1 aliphatic rings. The van der Waals surface area contributed by atoms with Gasteiger partial charge in [0, 0.05) is 24.4 Å². The summed E-state index contributed by atoms with van der Waals surface area (Å²) in [5, 5.41) is 9.92. The van der Waals surface area contributed by atoms with E-state index in [1.807, 2.05) is 0 Å². The van der Waals surface area contributed by atoms with E-state index in [-0.39, 0.29) is 11.9 Å². The lowest BCUT2D eigenvalue weighted by atomic mass is 10.1. The van der Waals surface area contributed by atoms with Gasteiger partial charge in [-0.3, -0.25) is 0 Å². The van der Waals surface area contributed by atoms with Gasteiger partial charge < -0.3 is 14.6 Å². The Morgan fingerprint density at radius 1 is 1.08 bits per heavy atom. The van der Waals surface area contributed by atoms with Crippen molar-refractivity contribution in [2.75, 3.05) is 13.2 Å². The lowest BCUT2D eigenvalue weighted by Gasteiger charge is -2.16. The molecule has 1 unspecified atom stereocenters. The number of pyridine rings is 1. The average Bonchev–Trinajstić information content (AvgIpc) is 2.88. The third-order valence-electron chi connectivity index (χ3n) is 4.82. The molecular formula is C21H35NO3. The predicted octanol–water partition coefficient (Wildman–Crippen LogP) is 5.42. The molecule has 2 rings (SSSR count). The molecule has 0 radical (unpaired) electrons. The molecule has 1 saturated heterocycles. The van der Waals surface area contributed by atoms with Crippen molar-refractivity contribution in [1.82, 2.24) is 4.98 Å². The van der Waals surface area contributed by atoms with Crippen molar-refractivity contribution >= 4 is 0 Å². The Morgan fingerprint density at radius 3 is 2.72 bits per heavy atom. The SMILES string of the molecule is CCCCCCCCCc1cc(O)cc(OCC2CCCCCO2)n1. The highest BCUT2D eigenvalue weighted by Gasteiger charge is 2.14. The number of unbranched alkanes of at least 4 members (excludes halogenated alkanes) is 6. The van der Waals surface area contributed by atoms with E-state index >= 15 is 0 Å². The van der Waals surface area contributed by atoms with Crippen LogP contribution in [0.4, 0.5) is 0 Å². The first-order chi connectivity index (χ1) is 12.3. The van der Waals surface area contributed by atoms with Gasteiger partial charge in [-0.2, -0.15) is 0 Å². The minimum atomic E-state index is 0.151. The van der Waals surface area contributed by atoms with Gasteiger partial charge in [-0.25, -0.2) is 4.98 Å². The molecule has 4 nitrogen and oxygen atoms in total. The second-order valence-corrected chi connectivity index (χ2v) is 7.18. The normalized spacial score (nSPS) is 18.0. The number of nitrogens with zero attached hydrogens (tertiary/aromatic N) is 1. The number of aromatic nitrogens is 1. The Bertz CT molecular complexity index is 470. The first kappa shape index (κ1) is 20.0. The number of rotatable bonds is 11. The standard InChI is InChI=1S/C21H35NO3/c1-2-3-4-5-6-7-9-12-18-15-19(23)16-21(22-18)25-17-20-13-10-8-11-14-24-20/h15-16,20H,2-14,17H2,1H3,(H,22,23). The summed E-state index contributed by atoms with van der Waals surface area (Å²) in [6.07, 6.45) is 14.6. The summed E-state index contributed by atoms with van der Waals surface area (Å²) in [5.41, 5.74) is 0.922. The molecule has 0 aliphatic carbocycles. The van der Waals surface area contributed by atoms with Crippen molar-refractivity contribution in [3.8, 4) is 11.6 Å². The molecule has 1 N–H and O–H groups in total. The summed E-state index contributed by atoms with van der Waals surface area (Å²) in [6, 6.07) is 3.36. The molecule has 142 valence electrons. The fraction of sp³-hybridized carbons (Fsp3) is 0.762. The maximum atomic E-state index is 9.92. The molecular weight excluding hydrogens is 314 g/mol. The van der Waals surface area contributed by atoms with E-state index in [0.29, 0.717) is 12.5 Å². The van der Waals surface area contributed by atoms with Gasteiger partial charge in [0.15, 0.2) is 0 Å². The second-order valence-electron chi connectivity index (χ2n) is 7.18. The van der Waals surface area contributed by atoms with Crippen LogP contribution < -0.4 is 4.74 Å². The van der Waals surface area contributed by atoms with Gasteiger partial charge >= 0.3 is 0 Å². The van der Waals surface area contributed by atoms with Crippen LogP contribution in [0, 0.1) is 0 Å². The molecule has 0 saturated carbocycles. The Hall–Kier alpha value is -1.29. The van der Waals surface area contributed by atoms with Crippen molar-refractivity contribution in [1.29, 1.82) is 0 Å². The van der Waals surface area contributed by atoms with Crippen LogP contribution in [0.3, 0.4) is 0 Å². The zero-order valence-corrected chi connectivity index (χ0v) is 15.8. The number of hydrogen-bond donors (Lipinski definition) is 1. The summed E-state index contributed by atoms with van der Waals surface area (Å²) in [6.45, 7) is 3.59. The van der Waals surface area contributed by atoms with Crippen LogP contribution in [0.15, 0.2) is 12.1 Å². The van der Waals surface area contributed by atoms with Crippen LogP contribution in [0.5, 0.6) is 11.6 Å². The predicted molar refractivity (Wildman–Crippen MR) is 101 cm³/mol. The van der Waals surface area contributed by atoms with Crippen LogP contribution in [-0.2, 0) is 11.2 Å². The minimum Gasteiger partial charge on any atom is -0.508 e. The van der Waals surface area contributed by atoms with E-state index in [2.05, 4.69) is 11.9 Å². The smallest absolute Gasteiger partial charge is 0.217 e. The zero-order valence-electron chi connectivity index (χ0n) is 15.8. The monoisotopic (exact) mass is 349 g/mol. The number of aromatic hydroxyl groups is 1. The van der Waals surface area contributed by atoms with Gasteiger partial charge in [-0.05, 0) is 25.7 Å². The summed E-state index contributed by atoms with van der Waals surface area (Å²) in [4.78, 5) is 4.55. The maximum Gasteiger partial charge on any atom is 0.217 e. The minimum absolute atomic E-state index is 0.151. The highest BCUT2D eigenvalue weighted by molar-refractivity contribution is 5.29. The van der Waals surface area contributed by atoms with Gasteiger partial charge in [0.05, 0.1) is 6.10 Å². The molecule has 4 heteroatoms. The van der Waals surface area contributed by atoms with E-state index in [4.69, 9.17) is 9.47 Å². The van der Waals surface area contributed by atoms with E-state index in [0.717, 1.165) is 38.0 Å². The molecule has 0 aromatic carbocycles. The third-order valence-corrected chi connectivity index (χ3v) is 4.82. The van der Waals surface area contributed by atoms with E-state index in [9.17, 15) is 5.11 Å². The van der Waals surface area contributed by atoms with Crippen LogP contribution in [0.25, 0.3) is 0 Å². The zero-order chi connectivity index (χ0) is 17.7. The topological polar surface area (TPSA) is 51.6 Å². The highest BCUT2D eigenvalue weighted by atomic mass is 16.5. The molecule has 0 bridgehead atoms. The highest BCUT2D eigenvalue weighted by Crippen LogP contribution is 2.21. The Labute approximate surface area is 153 Å². The largest absolute Gasteiger partial charge is 0.508 e. The van der Waals surface area contributed by atoms with Crippen molar-refractivity contribution in [3.05, 3.63) is 17.8 Å². The van der Waals surface area contributed by atoms with E-state index < -0.39 is 0 Å². The summed E-state index contributed by atoms with van der Waals surface area (Å²) >= 11 is 0. The van der Waals surface area contributed by atoms with Crippen molar-refractivity contribution < 1.29 is 14.6 Å². The lowest BCUT2D eigenvalue weighted by Crippen LogP contribution is -2.21. The summed E-state index contributed by atoms with van der Waals surface area (Å²) in [7, 11) is 0. The molecule has 0 spiro atoms. The van der Waals surface area contributed by atoms with Crippen LogP contribution in [-0.4, -0.2) is 29.4 Å². The van der Waals surface area contributed by atoms with Crippen LogP contribution in [0.2, 0.25) is 0 Å². The van der Waals surface area contributed by atoms with E-state index in [1.54, 1.807) is 12.1 Å². The van der Waals surface area contributed by atoms with Gasteiger partial charge in [0.2, 0.25) is 5.88 Å². The first-order valence-corrected chi connectivity index (χ1v) is 10.2. The molecule has 1 aromatic rings. The summed E-state index contributed by atoms with van der Waals surface area (Å²) < 4.78 is 11.6. The Kier molecular flexibility index (Phi) is 9.71. The first-order valence-electron chi connectivity index (χ1n) is 10.2. The molecule has 0 amide bonds.